The molecule has 0 atom stereocenters. The summed E-state index contributed by atoms with van der Waals surface area (Å²) in [4.78, 5) is 11.2. The van der Waals surface area contributed by atoms with Gasteiger partial charge in [-0.05, 0) is 30.3 Å². The van der Waals surface area contributed by atoms with Crippen molar-refractivity contribution in [2.24, 2.45) is 0 Å². The molecule has 0 saturated carbocycles. The molecule has 8 heteroatoms. The van der Waals surface area contributed by atoms with E-state index in [-0.39, 0.29) is 10.8 Å². The number of carbonyl (C=O) groups excluding carboxylic acids is 1. The number of hydrogen-bond acceptors (Lipinski definition) is 5. The van der Waals surface area contributed by atoms with E-state index < -0.39 is 10.0 Å². The van der Waals surface area contributed by atoms with Crippen LogP contribution >= 0.6 is 0 Å². The van der Waals surface area contributed by atoms with Gasteiger partial charge in [0.2, 0.25) is 5.91 Å². The lowest BCUT2D eigenvalue weighted by molar-refractivity contribution is -0.114. The van der Waals surface area contributed by atoms with E-state index in [1.165, 1.54) is 19.1 Å². The molecule has 0 bridgehead atoms. The minimum atomic E-state index is -3.80. The summed E-state index contributed by atoms with van der Waals surface area (Å²) < 4.78 is 38.8. The zero-order chi connectivity index (χ0) is 17.9. The van der Waals surface area contributed by atoms with E-state index in [2.05, 4.69) is 10.0 Å². The molecule has 0 radical (unpaired) electrons. The molecule has 0 spiro atoms. The topological polar surface area (TPSA) is 93.7 Å². The summed E-state index contributed by atoms with van der Waals surface area (Å²) in [6.45, 7) is 2.39. The number of fused-ring (bicyclic) bond motifs is 1. The second-order valence-electron chi connectivity index (χ2n) is 5.53. The third kappa shape index (κ3) is 4.21. The molecule has 0 fully saturated rings. The molecule has 1 aliphatic heterocycles. The molecular formula is C17H18N2O5S. The van der Waals surface area contributed by atoms with Gasteiger partial charge in [-0.25, -0.2) is 8.42 Å². The average Bonchev–Trinajstić information content (AvgIpc) is 2.78. The number of hydrogen-bond donors (Lipinski definition) is 2. The first-order valence-electron chi connectivity index (χ1n) is 7.74. The van der Waals surface area contributed by atoms with Crippen molar-refractivity contribution in [3.63, 3.8) is 0 Å². The summed E-state index contributed by atoms with van der Waals surface area (Å²) in [5, 5.41) is 2.61. The number of ether oxygens (including phenoxy) is 2. The van der Waals surface area contributed by atoms with E-state index in [0.717, 1.165) is 6.42 Å². The zero-order valence-corrected chi connectivity index (χ0v) is 14.4. The van der Waals surface area contributed by atoms with Crippen molar-refractivity contribution < 1.29 is 22.7 Å². The SMILES string of the molecule is CC(=O)Nc1cccc(NS(=O)(=O)c2ccc3c(c2)OCCCO3)c1. The van der Waals surface area contributed by atoms with Gasteiger partial charge in [-0.3, -0.25) is 9.52 Å². The fourth-order valence-electron chi connectivity index (χ4n) is 2.39. The minimum absolute atomic E-state index is 0.0710. The highest BCUT2D eigenvalue weighted by Crippen LogP contribution is 2.32. The molecular weight excluding hydrogens is 344 g/mol. The van der Waals surface area contributed by atoms with Crippen LogP contribution in [0.5, 0.6) is 11.5 Å². The smallest absolute Gasteiger partial charge is 0.262 e. The third-order valence-electron chi connectivity index (χ3n) is 3.46. The van der Waals surface area contributed by atoms with Gasteiger partial charge in [0.15, 0.2) is 11.5 Å². The Hall–Kier alpha value is -2.74. The van der Waals surface area contributed by atoms with Crippen LogP contribution in [-0.2, 0) is 14.8 Å². The van der Waals surface area contributed by atoms with Gasteiger partial charge in [0, 0.05) is 25.1 Å². The van der Waals surface area contributed by atoms with E-state index in [1.807, 2.05) is 0 Å². The first-order chi connectivity index (χ1) is 11.9. The van der Waals surface area contributed by atoms with Crippen LogP contribution in [0.3, 0.4) is 0 Å². The van der Waals surface area contributed by atoms with Crippen LogP contribution in [0.15, 0.2) is 47.4 Å². The molecule has 0 aliphatic carbocycles. The number of sulfonamides is 1. The summed E-state index contributed by atoms with van der Waals surface area (Å²) in [5.41, 5.74) is 0.852. The van der Waals surface area contributed by atoms with Crippen molar-refractivity contribution in [2.75, 3.05) is 23.3 Å². The molecule has 3 rings (SSSR count). The molecule has 1 aliphatic rings. The summed E-state index contributed by atoms with van der Waals surface area (Å²) in [6.07, 6.45) is 0.741. The number of nitrogens with one attached hydrogen (secondary N) is 2. The molecule has 2 N–H and O–H groups in total. The lowest BCUT2D eigenvalue weighted by Gasteiger charge is -2.12. The zero-order valence-electron chi connectivity index (χ0n) is 13.6. The molecule has 0 aromatic heterocycles. The van der Waals surface area contributed by atoms with Crippen molar-refractivity contribution in [1.29, 1.82) is 0 Å². The van der Waals surface area contributed by atoms with Gasteiger partial charge in [-0.2, -0.15) is 0 Å². The van der Waals surface area contributed by atoms with Gasteiger partial charge in [-0.1, -0.05) is 6.07 Å². The Labute approximate surface area is 146 Å². The molecule has 132 valence electrons. The standard InChI is InChI=1S/C17H18N2O5S/c1-12(20)18-13-4-2-5-14(10-13)19-25(21,22)15-6-7-16-17(11-15)24-9-3-8-23-16/h2,4-7,10-11,19H,3,8-9H2,1H3,(H,18,20). The highest BCUT2D eigenvalue weighted by atomic mass is 32.2. The van der Waals surface area contributed by atoms with Gasteiger partial charge in [0.1, 0.15) is 0 Å². The Bertz CT molecular complexity index is 896. The normalized spacial score (nSPS) is 13.6. The maximum absolute atomic E-state index is 12.6. The van der Waals surface area contributed by atoms with Crippen LogP contribution in [0.25, 0.3) is 0 Å². The fraction of sp³-hybridized carbons (Fsp3) is 0.235. The molecule has 25 heavy (non-hydrogen) atoms. The Kier molecular flexibility index (Phi) is 4.80. The highest BCUT2D eigenvalue weighted by Gasteiger charge is 2.19. The lowest BCUT2D eigenvalue weighted by Crippen LogP contribution is -2.13. The van der Waals surface area contributed by atoms with E-state index >= 15 is 0 Å². The summed E-state index contributed by atoms with van der Waals surface area (Å²) in [5.74, 6) is 0.708. The van der Waals surface area contributed by atoms with Crippen LogP contribution in [0.4, 0.5) is 11.4 Å². The van der Waals surface area contributed by atoms with Crippen LogP contribution in [-0.4, -0.2) is 27.5 Å². The Morgan fingerprint density at radius 1 is 1.00 bits per heavy atom. The number of rotatable bonds is 4. The van der Waals surface area contributed by atoms with Crippen LogP contribution in [0.1, 0.15) is 13.3 Å². The number of carbonyl (C=O) groups is 1. The Balaban J connectivity index is 1.85. The van der Waals surface area contributed by atoms with Gasteiger partial charge < -0.3 is 14.8 Å². The summed E-state index contributed by atoms with van der Waals surface area (Å²) in [6, 6.07) is 11.0. The maximum atomic E-state index is 12.6. The van der Waals surface area contributed by atoms with Gasteiger partial charge in [0.05, 0.1) is 23.8 Å². The Morgan fingerprint density at radius 3 is 2.48 bits per heavy atom. The Morgan fingerprint density at radius 2 is 1.72 bits per heavy atom. The summed E-state index contributed by atoms with van der Waals surface area (Å²) in [7, 11) is -3.80. The van der Waals surface area contributed by atoms with Crippen LogP contribution < -0.4 is 19.5 Å². The van der Waals surface area contributed by atoms with E-state index in [4.69, 9.17) is 9.47 Å². The first kappa shape index (κ1) is 17.1. The number of amides is 1. The highest BCUT2D eigenvalue weighted by molar-refractivity contribution is 7.92. The predicted molar refractivity (Wildman–Crippen MR) is 93.6 cm³/mol. The largest absolute Gasteiger partial charge is 0.490 e. The number of benzene rings is 2. The average molecular weight is 362 g/mol. The van der Waals surface area contributed by atoms with Crippen molar-refractivity contribution in [2.45, 2.75) is 18.2 Å². The molecule has 7 nitrogen and oxygen atoms in total. The monoisotopic (exact) mass is 362 g/mol. The van der Waals surface area contributed by atoms with Crippen molar-refractivity contribution >= 4 is 27.3 Å². The van der Waals surface area contributed by atoms with Gasteiger partial charge in [0.25, 0.3) is 10.0 Å². The van der Waals surface area contributed by atoms with Crippen molar-refractivity contribution in [1.82, 2.24) is 0 Å². The van der Waals surface area contributed by atoms with Gasteiger partial charge in [-0.15, -0.1) is 0 Å². The fourth-order valence-corrected chi connectivity index (χ4v) is 3.45. The van der Waals surface area contributed by atoms with Crippen molar-refractivity contribution in [3.8, 4) is 11.5 Å². The van der Waals surface area contributed by atoms with Crippen LogP contribution in [0, 0.1) is 0 Å². The maximum Gasteiger partial charge on any atom is 0.262 e. The molecule has 1 amide bonds. The third-order valence-corrected chi connectivity index (χ3v) is 4.84. The quantitative estimate of drug-likeness (QED) is 0.872. The molecule has 2 aromatic rings. The molecule has 2 aromatic carbocycles. The molecule has 0 unspecified atom stereocenters. The van der Waals surface area contributed by atoms with Crippen LogP contribution in [0.2, 0.25) is 0 Å². The minimum Gasteiger partial charge on any atom is -0.490 e. The number of anilines is 2. The predicted octanol–water partition coefficient (Wildman–Crippen LogP) is 2.61. The second kappa shape index (κ2) is 7.02. The van der Waals surface area contributed by atoms with E-state index in [1.54, 1.807) is 30.3 Å². The second-order valence-corrected chi connectivity index (χ2v) is 7.21. The molecule has 1 heterocycles. The van der Waals surface area contributed by atoms with Gasteiger partial charge >= 0.3 is 0 Å². The lowest BCUT2D eigenvalue weighted by atomic mass is 10.3. The van der Waals surface area contributed by atoms with E-state index in [9.17, 15) is 13.2 Å². The van der Waals surface area contributed by atoms with E-state index in [0.29, 0.717) is 36.1 Å². The van der Waals surface area contributed by atoms with Crippen molar-refractivity contribution in [3.05, 3.63) is 42.5 Å². The molecule has 0 saturated heterocycles. The summed E-state index contributed by atoms with van der Waals surface area (Å²) >= 11 is 0. The first-order valence-corrected chi connectivity index (χ1v) is 9.22.